The van der Waals surface area contributed by atoms with Crippen molar-refractivity contribution in [3.05, 3.63) is 18.2 Å². The summed E-state index contributed by atoms with van der Waals surface area (Å²) in [6.07, 6.45) is 3.15. The van der Waals surface area contributed by atoms with Crippen LogP contribution in [0.1, 0.15) is 32.5 Å². The van der Waals surface area contributed by atoms with E-state index >= 15 is 0 Å². The van der Waals surface area contributed by atoms with Crippen LogP contribution in [-0.4, -0.2) is 15.5 Å². The van der Waals surface area contributed by atoms with Crippen molar-refractivity contribution in [1.29, 1.82) is 0 Å². The fourth-order valence-electron chi connectivity index (χ4n) is 1.25. The minimum atomic E-state index is -2.68. The highest BCUT2D eigenvalue weighted by Crippen LogP contribution is 2.18. The van der Waals surface area contributed by atoms with E-state index in [-0.39, 0.29) is 12.5 Å². The first kappa shape index (κ1) is 10.2. The highest BCUT2D eigenvalue weighted by atomic mass is 19.3. The largest absolute Gasteiger partial charge is 0.329 e. The quantitative estimate of drug-likeness (QED) is 0.713. The van der Waals surface area contributed by atoms with Crippen LogP contribution >= 0.6 is 0 Å². The molecular weight excluding hydrogens is 174 g/mol. The number of imidazole rings is 1. The van der Waals surface area contributed by atoms with Crippen molar-refractivity contribution in [2.75, 3.05) is 0 Å². The van der Waals surface area contributed by atoms with Gasteiger partial charge >= 0.3 is 0 Å². The smallest absolute Gasteiger partial charge is 0.262 e. The predicted molar refractivity (Wildman–Crippen MR) is 46.9 cm³/mol. The number of aromatic nitrogens is 2. The van der Waals surface area contributed by atoms with Crippen LogP contribution in [0, 0.1) is 0 Å². The minimum Gasteiger partial charge on any atom is -0.329 e. The number of hydrogen-bond donors (Lipinski definition) is 0. The van der Waals surface area contributed by atoms with Crippen LogP contribution in [0.25, 0.3) is 0 Å². The molecule has 0 fully saturated rings. The lowest BCUT2D eigenvalue weighted by atomic mass is 10.2. The molecule has 0 amide bonds. The molecule has 0 aliphatic carbocycles. The molecule has 1 rings (SSSR count). The second-order valence-corrected chi connectivity index (χ2v) is 3.64. The summed E-state index contributed by atoms with van der Waals surface area (Å²) in [4.78, 5) is 4.03. The second kappa shape index (κ2) is 3.44. The minimum absolute atomic E-state index is 0.178. The second-order valence-electron chi connectivity index (χ2n) is 3.64. The Balaban J connectivity index is 2.83. The first-order valence-electron chi connectivity index (χ1n) is 4.29. The summed E-state index contributed by atoms with van der Waals surface area (Å²) in [6.45, 7) is 4.50. The van der Waals surface area contributed by atoms with Crippen molar-refractivity contribution in [3.63, 3.8) is 0 Å². The van der Waals surface area contributed by atoms with Gasteiger partial charge in [0.15, 0.2) is 0 Å². The van der Waals surface area contributed by atoms with Gasteiger partial charge in [-0.15, -0.1) is 0 Å². The lowest BCUT2D eigenvalue weighted by Gasteiger charge is -2.14. The number of alkyl halides is 2. The maximum atomic E-state index is 12.7. The van der Waals surface area contributed by atoms with Gasteiger partial charge in [0.25, 0.3) is 5.92 Å². The maximum Gasteiger partial charge on any atom is 0.262 e. The van der Waals surface area contributed by atoms with Crippen molar-refractivity contribution < 1.29 is 8.78 Å². The van der Waals surface area contributed by atoms with E-state index < -0.39 is 5.92 Å². The summed E-state index contributed by atoms with van der Waals surface area (Å²) in [6, 6.07) is 0. The van der Waals surface area contributed by atoms with E-state index in [0.29, 0.717) is 5.82 Å². The van der Waals surface area contributed by atoms with Gasteiger partial charge < -0.3 is 4.57 Å². The third-order valence-electron chi connectivity index (χ3n) is 1.71. The van der Waals surface area contributed by atoms with E-state index in [4.69, 9.17) is 0 Å². The van der Waals surface area contributed by atoms with E-state index in [2.05, 4.69) is 4.98 Å². The zero-order valence-electron chi connectivity index (χ0n) is 8.09. The maximum absolute atomic E-state index is 12.7. The Morgan fingerprint density at radius 3 is 2.62 bits per heavy atom. The first-order chi connectivity index (χ1) is 5.90. The summed E-state index contributed by atoms with van der Waals surface area (Å²) >= 11 is 0. The molecule has 4 heteroatoms. The van der Waals surface area contributed by atoms with E-state index in [1.165, 1.54) is 4.57 Å². The summed E-state index contributed by atoms with van der Waals surface area (Å²) < 4.78 is 26.9. The normalized spacial score (nSPS) is 12.5. The summed E-state index contributed by atoms with van der Waals surface area (Å²) in [5.41, 5.74) is 0. The van der Waals surface area contributed by atoms with Gasteiger partial charge in [-0.25, -0.2) is 13.8 Å². The Morgan fingerprint density at radius 2 is 2.15 bits per heavy atom. The number of nitrogens with zero attached hydrogens (tertiary/aromatic N) is 2. The van der Waals surface area contributed by atoms with Crippen LogP contribution in [0.2, 0.25) is 0 Å². The fourth-order valence-corrected chi connectivity index (χ4v) is 1.25. The van der Waals surface area contributed by atoms with E-state index in [9.17, 15) is 8.78 Å². The van der Waals surface area contributed by atoms with E-state index in [1.54, 1.807) is 12.4 Å². The number of halogens is 2. The topological polar surface area (TPSA) is 17.8 Å². The first-order valence-corrected chi connectivity index (χ1v) is 4.29. The third kappa shape index (κ3) is 2.79. The highest BCUT2D eigenvalue weighted by molar-refractivity contribution is 4.98. The predicted octanol–water partition coefficient (Wildman–Crippen LogP) is 2.66. The molecule has 0 unspecified atom stereocenters. The fraction of sp³-hybridized carbons (Fsp3) is 0.667. The van der Waals surface area contributed by atoms with E-state index in [1.807, 2.05) is 13.8 Å². The van der Waals surface area contributed by atoms with Gasteiger partial charge in [0.2, 0.25) is 0 Å². The Labute approximate surface area is 76.6 Å². The molecule has 2 nitrogen and oxygen atoms in total. The molecule has 0 saturated carbocycles. The van der Waals surface area contributed by atoms with Gasteiger partial charge in [-0.2, -0.15) is 0 Å². The van der Waals surface area contributed by atoms with Gasteiger partial charge in [0.05, 0.1) is 6.54 Å². The van der Waals surface area contributed by atoms with Crippen molar-refractivity contribution in [2.45, 2.75) is 39.2 Å². The van der Waals surface area contributed by atoms with Crippen LogP contribution in [-0.2, 0) is 6.54 Å². The molecule has 0 spiro atoms. The number of hydrogen-bond acceptors (Lipinski definition) is 1. The van der Waals surface area contributed by atoms with Gasteiger partial charge in [0.1, 0.15) is 5.82 Å². The highest BCUT2D eigenvalue weighted by Gasteiger charge is 2.23. The Kier molecular flexibility index (Phi) is 2.68. The van der Waals surface area contributed by atoms with Crippen LogP contribution in [0.3, 0.4) is 0 Å². The molecule has 74 valence electrons. The molecule has 13 heavy (non-hydrogen) atoms. The van der Waals surface area contributed by atoms with Crippen LogP contribution in [0.15, 0.2) is 12.4 Å². The Morgan fingerprint density at radius 1 is 1.54 bits per heavy atom. The zero-order valence-corrected chi connectivity index (χ0v) is 8.09. The van der Waals surface area contributed by atoms with Gasteiger partial charge in [-0.3, -0.25) is 0 Å². The molecule has 0 N–H and O–H groups in total. The van der Waals surface area contributed by atoms with Crippen molar-refractivity contribution >= 4 is 0 Å². The molecule has 0 saturated heterocycles. The molecule has 1 heterocycles. The number of rotatable bonds is 3. The summed E-state index contributed by atoms with van der Waals surface area (Å²) in [5.74, 6) is -1.79. The zero-order chi connectivity index (χ0) is 10.1. The lowest BCUT2D eigenvalue weighted by molar-refractivity contribution is 0.00299. The Bertz CT molecular complexity index is 273. The molecule has 1 aromatic rings. The van der Waals surface area contributed by atoms with Crippen LogP contribution in [0.5, 0.6) is 0 Å². The monoisotopic (exact) mass is 188 g/mol. The van der Waals surface area contributed by atoms with Gasteiger partial charge in [-0.1, -0.05) is 13.8 Å². The molecule has 0 aromatic carbocycles. The molecule has 0 aliphatic rings. The van der Waals surface area contributed by atoms with Crippen LogP contribution < -0.4 is 0 Å². The van der Waals surface area contributed by atoms with Gasteiger partial charge in [0, 0.05) is 25.2 Å². The molecule has 0 radical (unpaired) electrons. The summed E-state index contributed by atoms with van der Waals surface area (Å²) in [5, 5.41) is 0. The lowest BCUT2D eigenvalue weighted by Crippen LogP contribution is -2.20. The molecule has 0 bridgehead atoms. The van der Waals surface area contributed by atoms with E-state index in [0.717, 1.165) is 6.92 Å². The van der Waals surface area contributed by atoms with Crippen LogP contribution in [0.4, 0.5) is 8.78 Å². The van der Waals surface area contributed by atoms with Gasteiger partial charge in [-0.05, 0) is 0 Å². The average Bonchev–Trinajstić information content (AvgIpc) is 2.31. The van der Waals surface area contributed by atoms with Crippen molar-refractivity contribution in [3.8, 4) is 0 Å². The van der Waals surface area contributed by atoms with Crippen molar-refractivity contribution in [1.82, 2.24) is 9.55 Å². The Hall–Kier alpha value is -0.930. The average molecular weight is 188 g/mol. The molecule has 0 aliphatic heterocycles. The molecule has 0 atom stereocenters. The molecular formula is C9H14F2N2. The standard InChI is InChI=1S/C9H14F2N2/c1-7(2)8-12-4-5-13(8)6-9(3,10)11/h4-5,7H,6H2,1-3H3. The SMILES string of the molecule is CC(C)c1nccn1CC(C)(F)F. The summed E-state index contributed by atoms with van der Waals surface area (Å²) in [7, 11) is 0. The molecule has 1 aromatic heterocycles. The third-order valence-corrected chi connectivity index (χ3v) is 1.71. The van der Waals surface area contributed by atoms with Crippen molar-refractivity contribution in [2.24, 2.45) is 0 Å².